The zero-order chi connectivity index (χ0) is 18.4. The lowest BCUT2D eigenvalue weighted by Gasteiger charge is -2.28. The van der Waals surface area contributed by atoms with Gasteiger partial charge in [-0.1, -0.05) is 30.3 Å². The lowest BCUT2D eigenvalue weighted by Crippen LogP contribution is -2.33. The lowest BCUT2D eigenvalue weighted by molar-refractivity contribution is -0.116. The minimum atomic E-state index is 0.0701. The molecule has 0 aliphatic carbocycles. The number of aliphatic hydroxyl groups is 1. The number of rotatable bonds is 8. The van der Waals surface area contributed by atoms with Crippen LogP contribution in [-0.2, 0) is 11.2 Å². The maximum atomic E-state index is 11.4. The number of nitrogens with zero attached hydrogens (tertiary/aromatic N) is 1. The number of hydrogen-bond donors (Lipinski definition) is 2. The molecule has 2 N–H and O–H groups in total. The van der Waals surface area contributed by atoms with Crippen molar-refractivity contribution in [2.45, 2.75) is 25.8 Å². The second-order valence-corrected chi connectivity index (χ2v) is 6.56. The Morgan fingerprint density at radius 3 is 2.73 bits per heavy atom. The molecule has 1 unspecified atom stereocenters. The molecular formula is C21H26N2O3. The summed E-state index contributed by atoms with van der Waals surface area (Å²) in [4.78, 5) is 13.6. The molecule has 0 aromatic heterocycles. The van der Waals surface area contributed by atoms with Crippen LogP contribution >= 0.6 is 0 Å². The Morgan fingerprint density at radius 2 is 1.96 bits per heavy atom. The molecule has 5 heteroatoms. The van der Waals surface area contributed by atoms with Crippen LogP contribution in [0.5, 0.6) is 5.75 Å². The standard InChI is InChI=1S/C21H26N2O3/c1-16(17-5-3-2-4-6-17)23(11-13-24)12-14-26-19-8-9-20-18(15-19)7-10-21(25)22-20/h2-6,8-9,15-16,24H,7,10-14H2,1H3,(H,22,25). The molecule has 0 saturated heterocycles. The van der Waals surface area contributed by atoms with E-state index in [1.54, 1.807) is 0 Å². The van der Waals surface area contributed by atoms with E-state index in [-0.39, 0.29) is 18.6 Å². The predicted molar refractivity (Wildman–Crippen MR) is 102 cm³/mol. The molecule has 1 amide bonds. The maximum Gasteiger partial charge on any atom is 0.224 e. The Labute approximate surface area is 154 Å². The van der Waals surface area contributed by atoms with Crippen LogP contribution in [0.4, 0.5) is 5.69 Å². The summed E-state index contributed by atoms with van der Waals surface area (Å²) in [7, 11) is 0. The van der Waals surface area contributed by atoms with Gasteiger partial charge in [-0.2, -0.15) is 0 Å². The zero-order valence-electron chi connectivity index (χ0n) is 15.1. The molecule has 138 valence electrons. The van der Waals surface area contributed by atoms with Crippen molar-refractivity contribution in [3.05, 3.63) is 59.7 Å². The quantitative estimate of drug-likeness (QED) is 0.765. The first-order valence-electron chi connectivity index (χ1n) is 9.13. The van der Waals surface area contributed by atoms with Crippen molar-refractivity contribution in [2.75, 3.05) is 31.6 Å². The van der Waals surface area contributed by atoms with Crippen LogP contribution in [0.2, 0.25) is 0 Å². The summed E-state index contributed by atoms with van der Waals surface area (Å²) in [6.07, 6.45) is 1.27. The van der Waals surface area contributed by atoms with Crippen LogP contribution in [0.15, 0.2) is 48.5 Å². The van der Waals surface area contributed by atoms with E-state index >= 15 is 0 Å². The minimum absolute atomic E-state index is 0.0701. The molecule has 3 rings (SSSR count). The third-order valence-corrected chi connectivity index (χ3v) is 4.84. The van der Waals surface area contributed by atoms with Crippen molar-refractivity contribution < 1.29 is 14.6 Å². The van der Waals surface area contributed by atoms with Crippen molar-refractivity contribution in [2.24, 2.45) is 0 Å². The molecule has 0 radical (unpaired) electrons. The van der Waals surface area contributed by atoms with E-state index < -0.39 is 0 Å². The van der Waals surface area contributed by atoms with Crippen LogP contribution in [0.1, 0.15) is 30.5 Å². The molecule has 2 aromatic rings. The molecule has 1 heterocycles. The first-order valence-corrected chi connectivity index (χ1v) is 9.13. The van der Waals surface area contributed by atoms with Gasteiger partial charge in [0.2, 0.25) is 5.91 Å². The van der Waals surface area contributed by atoms with Crippen LogP contribution < -0.4 is 10.1 Å². The lowest BCUT2D eigenvalue weighted by atomic mass is 10.0. The summed E-state index contributed by atoms with van der Waals surface area (Å²) in [6.45, 7) is 4.14. The van der Waals surface area contributed by atoms with Gasteiger partial charge < -0.3 is 15.2 Å². The average Bonchev–Trinajstić information content (AvgIpc) is 2.67. The van der Waals surface area contributed by atoms with E-state index in [1.165, 1.54) is 5.56 Å². The highest BCUT2D eigenvalue weighted by molar-refractivity contribution is 5.93. The molecule has 0 saturated carbocycles. The van der Waals surface area contributed by atoms with Crippen LogP contribution in [0, 0.1) is 0 Å². The Balaban J connectivity index is 1.57. The second-order valence-electron chi connectivity index (χ2n) is 6.56. The van der Waals surface area contributed by atoms with Gasteiger partial charge in [-0.05, 0) is 42.7 Å². The van der Waals surface area contributed by atoms with E-state index in [9.17, 15) is 9.90 Å². The molecule has 1 atom stereocenters. The maximum absolute atomic E-state index is 11.4. The Bertz CT molecular complexity index is 733. The number of benzene rings is 2. The smallest absolute Gasteiger partial charge is 0.224 e. The number of aryl methyl sites for hydroxylation is 1. The van der Waals surface area contributed by atoms with Gasteiger partial charge in [0.15, 0.2) is 0 Å². The number of anilines is 1. The monoisotopic (exact) mass is 354 g/mol. The molecule has 26 heavy (non-hydrogen) atoms. The minimum Gasteiger partial charge on any atom is -0.492 e. The van der Waals surface area contributed by atoms with Gasteiger partial charge in [0.05, 0.1) is 6.61 Å². The largest absolute Gasteiger partial charge is 0.492 e. The Hall–Kier alpha value is -2.37. The summed E-state index contributed by atoms with van der Waals surface area (Å²) in [6, 6.07) is 16.3. The third kappa shape index (κ3) is 4.62. The summed E-state index contributed by atoms with van der Waals surface area (Å²) >= 11 is 0. The van der Waals surface area contributed by atoms with Crippen LogP contribution in [-0.4, -0.2) is 42.2 Å². The number of carbonyl (C=O) groups excluding carboxylic acids is 1. The number of ether oxygens (including phenoxy) is 1. The van der Waals surface area contributed by atoms with Gasteiger partial charge in [0.1, 0.15) is 12.4 Å². The topological polar surface area (TPSA) is 61.8 Å². The number of hydrogen-bond acceptors (Lipinski definition) is 4. The van der Waals surface area contributed by atoms with Crippen LogP contribution in [0.25, 0.3) is 0 Å². The fraction of sp³-hybridized carbons (Fsp3) is 0.381. The van der Waals surface area contributed by atoms with Gasteiger partial charge in [0, 0.05) is 31.2 Å². The molecule has 0 spiro atoms. The fourth-order valence-electron chi connectivity index (χ4n) is 3.30. The SMILES string of the molecule is CC(c1ccccc1)N(CCO)CCOc1ccc2c(c1)CCC(=O)N2. The Morgan fingerprint density at radius 1 is 1.15 bits per heavy atom. The van der Waals surface area contributed by atoms with Gasteiger partial charge in [-0.15, -0.1) is 0 Å². The molecule has 2 aromatic carbocycles. The first kappa shape index (κ1) is 18.4. The fourth-order valence-corrected chi connectivity index (χ4v) is 3.30. The second kappa shape index (κ2) is 8.83. The Kier molecular flexibility index (Phi) is 6.26. The van der Waals surface area contributed by atoms with E-state index in [2.05, 4.69) is 29.3 Å². The van der Waals surface area contributed by atoms with Gasteiger partial charge in [0.25, 0.3) is 0 Å². The van der Waals surface area contributed by atoms with E-state index in [4.69, 9.17) is 4.74 Å². The summed E-state index contributed by atoms with van der Waals surface area (Å²) < 4.78 is 5.93. The molecule has 1 aliphatic rings. The van der Waals surface area contributed by atoms with Crippen molar-refractivity contribution in [3.63, 3.8) is 0 Å². The number of carbonyl (C=O) groups is 1. The van der Waals surface area contributed by atoms with Crippen molar-refractivity contribution in [3.8, 4) is 5.75 Å². The highest BCUT2D eigenvalue weighted by Gasteiger charge is 2.17. The van der Waals surface area contributed by atoms with Crippen molar-refractivity contribution in [1.82, 2.24) is 4.90 Å². The number of fused-ring (bicyclic) bond motifs is 1. The first-order chi connectivity index (χ1) is 12.7. The number of aliphatic hydroxyl groups excluding tert-OH is 1. The number of nitrogens with one attached hydrogen (secondary N) is 1. The van der Waals surface area contributed by atoms with E-state index in [1.807, 2.05) is 36.4 Å². The van der Waals surface area contributed by atoms with Crippen molar-refractivity contribution in [1.29, 1.82) is 0 Å². The van der Waals surface area contributed by atoms with Gasteiger partial charge >= 0.3 is 0 Å². The highest BCUT2D eigenvalue weighted by atomic mass is 16.5. The third-order valence-electron chi connectivity index (χ3n) is 4.84. The average molecular weight is 354 g/mol. The number of amides is 1. The molecular weight excluding hydrogens is 328 g/mol. The normalized spacial score (nSPS) is 14.7. The van der Waals surface area contributed by atoms with Gasteiger partial charge in [-0.25, -0.2) is 0 Å². The summed E-state index contributed by atoms with van der Waals surface area (Å²) in [5.41, 5.74) is 3.23. The van der Waals surface area contributed by atoms with E-state index in [0.717, 1.165) is 30.0 Å². The molecule has 5 nitrogen and oxygen atoms in total. The predicted octanol–water partition coefficient (Wildman–Crippen LogP) is 3.01. The highest BCUT2D eigenvalue weighted by Crippen LogP contribution is 2.27. The van der Waals surface area contributed by atoms with Gasteiger partial charge in [-0.3, -0.25) is 9.69 Å². The summed E-state index contributed by atoms with van der Waals surface area (Å²) in [5, 5.41) is 12.3. The van der Waals surface area contributed by atoms with Crippen LogP contribution in [0.3, 0.4) is 0 Å². The zero-order valence-corrected chi connectivity index (χ0v) is 15.1. The summed E-state index contributed by atoms with van der Waals surface area (Å²) in [5.74, 6) is 0.886. The van der Waals surface area contributed by atoms with E-state index in [0.29, 0.717) is 19.6 Å². The van der Waals surface area contributed by atoms with Crippen molar-refractivity contribution >= 4 is 11.6 Å². The molecule has 0 bridgehead atoms. The molecule has 0 fully saturated rings. The molecule has 1 aliphatic heterocycles.